The summed E-state index contributed by atoms with van der Waals surface area (Å²) in [6.45, 7) is 5.92. The predicted octanol–water partition coefficient (Wildman–Crippen LogP) is 3.25. The highest BCUT2D eigenvalue weighted by molar-refractivity contribution is 7.15. The van der Waals surface area contributed by atoms with E-state index >= 15 is 0 Å². The maximum atomic E-state index is 12.9. The summed E-state index contributed by atoms with van der Waals surface area (Å²) in [6.07, 6.45) is 2.71. The Morgan fingerprint density at radius 1 is 1.29 bits per heavy atom. The summed E-state index contributed by atoms with van der Waals surface area (Å²) >= 11 is 1.40. The van der Waals surface area contributed by atoms with Crippen LogP contribution in [0.5, 0.6) is 0 Å². The second-order valence-electron chi connectivity index (χ2n) is 6.27. The summed E-state index contributed by atoms with van der Waals surface area (Å²) in [6, 6.07) is 0. The molecular formula is C16H17N5O2S. The highest BCUT2D eigenvalue weighted by Crippen LogP contribution is 2.32. The Kier molecular flexibility index (Phi) is 3.56. The van der Waals surface area contributed by atoms with Gasteiger partial charge in [-0.1, -0.05) is 30.3 Å². The van der Waals surface area contributed by atoms with Crippen LogP contribution in [0.4, 0.5) is 5.13 Å². The van der Waals surface area contributed by atoms with Gasteiger partial charge in [0.15, 0.2) is 0 Å². The molecule has 0 aliphatic heterocycles. The molecule has 1 aliphatic rings. The number of nitrogens with one attached hydrogen (secondary N) is 1. The van der Waals surface area contributed by atoms with Gasteiger partial charge < -0.3 is 4.52 Å². The molecule has 0 saturated heterocycles. The molecule has 8 heteroatoms. The lowest BCUT2D eigenvalue weighted by Crippen LogP contribution is -2.15. The Hall–Kier alpha value is -2.35. The first-order chi connectivity index (χ1) is 11.5. The normalized spacial score (nSPS) is 13.7. The van der Waals surface area contributed by atoms with E-state index in [9.17, 15) is 4.79 Å². The second kappa shape index (κ2) is 5.62. The van der Waals surface area contributed by atoms with Crippen molar-refractivity contribution >= 4 is 33.5 Å². The van der Waals surface area contributed by atoms with E-state index in [0.29, 0.717) is 27.5 Å². The lowest BCUT2D eigenvalue weighted by molar-refractivity contribution is 0.102. The first-order valence-electron chi connectivity index (χ1n) is 7.97. The summed E-state index contributed by atoms with van der Waals surface area (Å²) in [4.78, 5) is 17.5. The van der Waals surface area contributed by atoms with Crippen LogP contribution in [0.25, 0.3) is 11.1 Å². The number of carbonyl (C=O) groups is 1. The number of fused-ring (bicyclic) bond motifs is 2. The molecule has 0 saturated carbocycles. The number of nitrogens with zero attached hydrogens (tertiary/aromatic N) is 4. The van der Waals surface area contributed by atoms with E-state index in [1.165, 1.54) is 11.3 Å². The van der Waals surface area contributed by atoms with Crippen LogP contribution in [-0.4, -0.2) is 26.2 Å². The van der Waals surface area contributed by atoms with Crippen LogP contribution in [0.3, 0.4) is 0 Å². The van der Waals surface area contributed by atoms with Gasteiger partial charge in [-0.2, -0.15) is 0 Å². The third-order valence-electron chi connectivity index (χ3n) is 4.20. The topological polar surface area (TPSA) is 93.8 Å². The van der Waals surface area contributed by atoms with Crippen molar-refractivity contribution in [3.05, 3.63) is 27.5 Å². The molecule has 1 amide bonds. The monoisotopic (exact) mass is 343 g/mol. The summed E-state index contributed by atoms with van der Waals surface area (Å²) in [5, 5.41) is 17.1. The zero-order chi connectivity index (χ0) is 16.8. The molecule has 0 aromatic carbocycles. The molecule has 1 aliphatic carbocycles. The van der Waals surface area contributed by atoms with E-state index in [1.54, 1.807) is 0 Å². The minimum absolute atomic E-state index is 0.196. The zero-order valence-corrected chi connectivity index (χ0v) is 14.5. The van der Waals surface area contributed by atoms with Crippen LogP contribution in [0.1, 0.15) is 58.5 Å². The van der Waals surface area contributed by atoms with Crippen molar-refractivity contribution in [2.45, 2.75) is 46.0 Å². The van der Waals surface area contributed by atoms with Gasteiger partial charge in [-0.15, -0.1) is 10.2 Å². The van der Waals surface area contributed by atoms with Gasteiger partial charge in [0.2, 0.25) is 5.13 Å². The second-order valence-corrected chi connectivity index (χ2v) is 7.28. The van der Waals surface area contributed by atoms with Gasteiger partial charge in [0.1, 0.15) is 5.01 Å². The highest BCUT2D eigenvalue weighted by atomic mass is 32.1. The SMILES string of the molecule is Cc1noc2nc3c(c(C(=O)Nc4nnc(C(C)C)s4)c12)CCC3. The van der Waals surface area contributed by atoms with Crippen LogP contribution >= 0.6 is 11.3 Å². The van der Waals surface area contributed by atoms with Crippen molar-refractivity contribution in [3.8, 4) is 0 Å². The van der Waals surface area contributed by atoms with Crippen molar-refractivity contribution in [1.82, 2.24) is 20.3 Å². The van der Waals surface area contributed by atoms with Gasteiger partial charge in [-0.3, -0.25) is 10.1 Å². The van der Waals surface area contributed by atoms with Crippen molar-refractivity contribution < 1.29 is 9.32 Å². The quantitative estimate of drug-likeness (QED) is 0.784. The van der Waals surface area contributed by atoms with E-state index in [0.717, 1.165) is 35.5 Å². The Morgan fingerprint density at radius 2 is 2.12 bits per heavy atom. The van der Waals surface area contributed by atoms with Crippen molar-refractivity contribution in [2.24, 2.45) is 0 Å². The molecule has 0 fully saturated rings. The number of hydrogen-bond donors (Lipinski definition) is 1. The average molecular weight is 343 g/mol. The van der Waals surface area contributed by atoms with Gasteiger partial charge in [0.25, 0.3) is 11.6 Å². The Labute approximate surface area is 142 Å². The zero-order valence-electron chi connectivity index (χ0n) is 13.7. The van der Waals surface area contributed by atoms with E-state index in [-0.39, 0.29) is 11.8 Å². The first kappa shape index (κ1) is 15.2. The van der Waals surface area contributed by atoms with E-state index in [4.69, 9.17) is 4.52 Å². The summed E-state index contributed by atoms with van der Waals surface area (Å²) < 4.78 is 5.28. The predicted molar refractivity (Wildman–Crippen MR) is 90.5 cm³/mol. The molecule has 0 spiro atoms. The number of aromatic nitrogens is 4. The van der Waals surface area contributed by atoms with Crippen LogP contribution in [0, 0.1) is 6.92 Å². The third-order valence-corrected chi connectivity index (χ3v) is 5.34. The van der Waals surface area contributed by atoms with Gasteiger partial charge >= 0.3 is 0 Å². The molecular weight excluding hydrogens is 326 g/mol. The Balaban J connectivity index is 1.77. The fraction of sp³-hybridized carbons (Fsp3) is 0.438. The summed E-state index contributed by atoms with van der Waals surface area (Å²) in [5.41, 5.74) is 3.66. The number of pyridine rings is 1. The first-order valence-corrected chi connectivity index (χ1v) is 8.78. The number of aryl methyl sites for hydroxylation is 2. The Bertz CT molecular complexity index is 943. The molecule has 4 rings (SSSR count). The van der Waals surface area contributed by atoms with Crippen molar-refractivity contribution in [3.63, 3.8) is 0 Å². The van der Waals surface area contributed by atoms with Crippen molar-refractivity contribution in [1.29, 1.82) is 0 Å². The van der Waals surface area contributed by atoms with Gasteiger partial charge in [-0.25, -0.2) is 4.98 Å². The lowest BCUT2D eigenvalue weighted by atomic mass is 10.0. The maximum Gasteiger partial charge on any atom is 0.259 e. The molecule has 3 aromatic rings. The minimum Gasteiger partial charge on any atom is -0.336 e. The average Bonchev–Trinajstić information content (AvgIpc) is 3.25. The molecule has 124 valence electrons. The van der Waals surface area contributed by atoms with Gasteiger partial charge in [0, 0.05) is 11.6 Å². The highest BCUT2D eigenvalue weighted by Gasteiger charge is 2.27. The fourth-order valence-electron chi connectivity index (χ4n) is 3.04. The third kappa shape index (κ3) is 2.37. The van der Waals surface area contributed by atoms with Crippen molar-refractivity contribution in [2.75, 3.05) is 5.32 Å². The fourth-order valence-corrected chi connectivity index (χ4v) is 3.79. The molecule has 3 heterocycles. The molecule has 0 radical (unpaired) electrons. The number of rotatable bonds is 3. The largest absolute Gasteiger partial charge is 0.336 e. The molecule has 24 heavy (non-hydrogen) atoms. The van der Waals surface area contributed by atoms with Crippen LogP contribution < -0.4 is 5.32 Å². The van der Waals surface area contributed by atoms with Crippen LogP contribution in [-0.2, 0) is 12.8 Å². The van der Waals surface area contributed by atoms with E-state index in [2.05, 4.69) is 25.7 Å². The number of amides is 1. The summed E-state index contributed by atoms with van der Waals surface area (Å²) in [5.74, 6) is 0.0867. The van der Waals surface area contributed by atoms with E-state index in [1.807, 2.05) is 20.8 Å². The number of carbonyl (C=O) groups excluding carboxylic acids is 1. The van der Waals surface area contributed by atoms with E-state index < -0.39 is 0 Å². The smallest absolute Gasteiger partial charge is 0.259 e. The molecule has 3 aromatic heterocycles. The van der Waals surface area contributed by atoms with Crippen LogP contribution in [0.15, 0.2) is 4.52 Å². The summed E-state index contributed by atoms with van der Waals surface area (Å²) in [7, 11) is 0. The molecule has 0 bridgehead atoms. The molecule has 0 unspecified atom stereocenters. The number of hydrogen-bond acceptors (Lipinski definition) is 7. The molecule has 0 atom stereocenters. The van der Waals surface area contributed by atoms with Gasteiger partial charge in [0.05, 0.1) is 16.6 Å². The molecule has 7 nitrogen and oxygen atoms in total. The lowest BCUT2D eigenvalue weighted by Gasteiger charge is -2.08. The number of anilines is 1. The maximum absolute atomic E-state index is 12.9. The van der Waals surface area contributed by atoms with Crippen LogP contribution in [0.2, 0.25) is 0 Å². The Morgan fingerprint density at radius 3 is 2.88 bits per heavy atom. The molecule has 1 N–H and O–H groups in total. The van der Waals surface area contributed by atoms with Gasteiger partial charge in [-0.05, 0) is 31.7 Å². The minimum atomic E-state index is -0.196. The standard InChI is InChI=1S/C16H17N5O2S/c1-7(2)15-19-20-16(24-15)18-13(22)12-9-5-4-6-10(9)17-14-11(12)8(3)21-23-14/h7H,4-6H2,1-3H3,(H,18,20,22).